The van der Waals surface area contributed by atoms with Crippen molar-refractivity contribution >= 4 is 37.5 Å². The summed E-state index contributed by atoms with van der Waals surface area (Å²) >= 11 is 1.40. The van der Waals surface area contributed by atoms with Gasteiger partial charge in [-0.15, -0.1) is 0 Å². The molecule has 2 atom stereocenters. The number of rotatable bonds is 4. The molecule has 0 aliphatic carbocycles. The van der Waals surface area contributed by atoms with Gasteiger partial charge in [0.2, 0.25) is 10.0 Å². The van der Waals surface area contributed by atoms with Gasteiger partial charge in [-0.05, 0) is 45.0 Å². The number of nitrogens with zero attached hydrogens (tertiary/aromatic N) is 3. The SMILES string of the molecule is CCn1c(=NC(=O)c2ccc(S(=O)(=O)N3CC(C)OC(C)C3)cc2)sc2cc3c(cc21)OCCO3. The number of benzene rings is 2. The van der Waals surface area contributed by atoms with Crippen molar-refractivity contribution in [3.8, 4) is 11.5 Å². The molecule has 9 nitrogen and oxygen atoms in total. The number of aryl methyl sites for hydroxylation is 1. The lowest BCUT2D eigenvalue weighted by molar-refractivity contribution is -0.0440. The minimum absolute atomic E-state index is 0.145. The van der Waals surface area contributed by atoms with Gasteiger partial charge in [0.1, 0.15) is 13.2 Å². The maximum Gasteiger partial charge on any atom is 0.279 e. The van der Waals surface area contributed by atoms with Crippen LogP contribution in [0.15, 0.2) is 46.3 Å². The van der Waals surface area contributed by atoms with Crippen LogP contribution in [-0.2, 0) is 21.3 Å². The zero-order valence-electron chi connectivity index (χ0n) is 19.8. The van der Waals surface area contributed by atoms with E-state index in [2.05, 4.69) is 4.99 Å². The minimum Gasteiger partial charge on any atom is -0.486 e. The fourth-order valence-corrected chi connectivity index (χ4v) is 7.09. The van der Waals surface area contributed by atoms with Crippen LogP contribution in [0.3, 0.4) is 0 Å². The molecule has 11 heteroatoms. The van der Waals surface area contributed by atoms with Gasteiger partial charge in [0.15, 0.2) is 16.3 Å². The van der Waals surface area contributed by atoms with E-state index in [0.717, 1.165) is 10.2 Å². The lowest BCUT2D eigenvalue weighted by atomic mass is 10.2. The number of carbonyl (C=O) groups excluding carboxylic acids is 1. The van der Waals surface area contributed by atoms with Crippen LogP contribution >= 0.6 is 11.3 Å². The Bertz CT molecular complexity index is 1430. The van der Waals surface area contributed by atoms with Gasteiger partial charge in [-0.25, -0.2) is 8.42 Å². The van der Waals surface area contributed by atoms with Gasteiger partial charge in [0, 0.05) is 37.3 Å². The third-order valence-electron chi connectivity index (χ3n) is 5.99. The van der Waals surface area contributed by atoms with Gasteiger partial charge in [-0.3, -0.25) is 4.79 Å². The van der Waals surface area contributed by atoms with Gasteiger partial charge in [0.25, 0.3) is 5.91 Å². The Morgan fingerprint density at radius 3 is 2.31 bits per heavy atom. The first kappa shape index (κ1) is 24.0. The molecule has 186 valence electrons. The topological polar surface area (TPSA) is 99.4 Å². The number of thiazole rings is 1. The van der Waals surface area contributed by atoms with E-state index in [-0.39, 0.29) is 17.1 Å². The van der Waals surface area contributed by atoms with Crippen molar-refractivity contribution in [3.05, 3.63) is 46.8 Å². The predicted molar refractivity (Wildman–Crippen MR) is 132 cm³/mol. The average Bonchev–Trinajstić information content (AvgIpc) is 3.17. The number of hydrogen-bond donors (Lipinski definition) is 0. The summed E-state index contributed by atoms with van der Waals surface area (Å²) in [5.74, 6) is 0.933. The molecule has 5 rings (SSSR count). The molecule has 0 N–H and O–H groups in total. The summed E-state index contributed by atoms with van der Waals surface area (Å²) in [6.07, 6.45) is -0.355. The van der Waals surface area contributed by atoms with Crippen LogP contribution in [0.4, 0.5) is 0 Å². The zero-order chi connectivity index (χ0) is 24.7. The van der Waals surface area contributed by atoms with Crippen LogP contribution in [-0.4, -0.2) is 61.7 Å². The third kappa shape index (κ3) is 4.61. The summed E-state index contributed by atoms with van der Waals surface area (Å²) in [7, 11) is -3.68. The molecule has 3 heterocycles. The molecule has 3 aromatic rings. The molecule has 1 aromatic heterocycles. The van der Waals surface area contributed by atoms with E-state index in [4.69, 9.17) is 14.2 Å². The molecule has 2 aliphatic heterocycles. The Balaban J connectivity index is 1.43. The van der Waals surface area contributed by atoms with Gasteiger partial charge in [0.05, 0.1) is 27.3 Å². The number of sulfonamides is 1. The van der Waals surface area contributed by atoms with Crippen LogP contribution in [0.25, 0.3) is 10.2 Å². The summed E-state index contributed by atoms with van der Waals surface area (Å²) in [5, 5.41) is 0. The van der Waals surface area contributed by atoms with Crippen molar-refractivity contribution in [2.45, 2.75) is 44.4 Å². The largest absolute Gasteiger partial charge is 0.486 e. The second-order valence-corrected chi connectivity index (χ2v) is 11.6. The molecular formula is C24H27N3O6S2. The minimum atomic E-state index is -3.68. The number of carbonyl (C=O) groups is 1. The van der Waals surface area contributed by atoms with Gasteiger partial charge in [-0.1, -0.05) is 11.3 Å². The predicted octanol–water partition coefficient (Wildman–Crippen LogP) is 3.03. The Morgan fingerprint density at radius 1 is 1.06 bits per heavy atom. The zero-order valence-corrected chi connectivity index (χ0v) is 21.4. The molecule has 1 saturated heterocycles. The number of ether oxygens (including phenoxy) is 3. The summed E-state index contributed by atoms with van der Waals surface area (Å²) in [4.78, 5) is 18.0. The maximum absolute atomic E-state index is 13.1. The standard InChI is InChI=1S/C24H27N3O6S2/c1-4-27-19-11-20-21(32-10-9-31-20)12-22(19)34-24(27)25-23(28)17-5-7-18(8-6-17)35(29,30)26-13-15(2)33-16(3)14-26/h5-8,11-12,15-16H,4,9-10,13-14H2,1-3H3. The van der Waals surface area contributed by atoms with Crippen LogP contribution in [0.2, 0.25) is 0 Å². The second kappa shape index (κ2) is 9.38. The van der Waals surface area contributed by atoms with E-state index in [9.17, 15) is 13.2 Å². The third-order valence-corrected chi connectivity index (χ3v) is 8.87. The van der Waals surface area contributed by atoms with Crippen molar-refractivity contribution in [3.63, 3.8) is 0 Å². The van der Waals surface area contributed by atoms with E-state index in [0.29, 0.717) is 54.7 Å². The molecule has 0 spiro atoms. The first-order valence-electron chi connectivity index (χ1n) is 11.5. The smallest absolute Gasteiger partial charge is 0.279 e. The molecule has 0 radical (unpaired) electrons. The molecule has 35 heavy (non-hydrogen) atoms. The van der Waals surface area contributed by atoms with Gasteiger partial charge in [-0.2, -0.15) is 9.30 Å². The Morgan fingerprint density at radius 2 is 1.69 bits per heavy atom. The molecule has 2 aromatic carbocycles. The van der Waals surface area contributed by atoms with Gasteiger partial charge < -0.3 is 18.8 Å². The first-order chi connectivity index (χ1) is 16.8. The lowest BCUT2D eigenvalue weighted by Gasteiger charge is -2.34. The Kier molecular flexibility index (Phi) is 6.43. The first-order valence-corrected chi connectivity index (χ1v) is 13.8. The van der Waals surface area contributed by atoms with E-state index >= 15 is 0 Å². The number of fused-ring (bicyclic) bond motifs is 2. The van der Waals surface area contributed by atoms with Crippen LogP contribution in [0.1, 0.15) is 31.1 Å². The molecule has 1 amide bonds. The number of hydrogen-bond acceptors (Lipinski definition) is 7. The van der Waals surface area contributed by atoms with Crippen molar-refractivity contribution in [2.75, 3.05) is 26.3 Å². The summed E-state index contributed by atoms with van der Waals surface area (Å²) in [6, 6.07) is 9.78. The normalized spacial score (nSPS) is 21.4. The van der Waals surface area contributed by atoms with E-state index in [1.807, 2.05) is 37.5 Å². The van der Waals surface area contributed by atoms with E-state index < -0.39 is 15.9 Å². The summed E-state index contributed by atoms with van der Waals surface area (Å²) in [5.41, 5.74) is 1.24. The lowest BCUT2D eigenvalue weighted by Crippen LogP contribution is -2.48. The monoisotopic (exact) mass is 517 g/mol. The van der Waals surface area contributed by atoms with Crippen molar-refractivity contribution in [2.24, 2.45) is 4.99 Å². The molecule has 0 bridgehead atoms. The quantitative estimate of drug-likeness (QED) is 0.528. The highest BCUT2D eigenvalue weighted by molar-refractivity contribution is 7.89. The molecule has 1 fully saturated rings. The van der Waals surface area contributed by atoms with E-state index in [1.165, 1.54) is 39.9 Å². The Hall–Kier alpha value is -2.73. The van der Waals surface area contributed by atoms with Gasteiger partial charge >= 0.3 is 0 Å². The fraction of sp³-hybridized carbons (Fsp3) is 0.417. The molecule has 0 saturated carbocycles. The maximum atomic E-state index is 13.1. The molecule has 2 unspecified atom stereocenters. The highest BCUT2D eigenvalue weighted by atomic mass is 32.2. The molecule has 2 aliphatic rings. The highest BCUT2D eigenvalue weighted by Crippen LogP contribution is 2.35. The average molecular weight is 518 g/mol. The summed E-state index contributed by atoms with van der Waals surface area (Å²) < 4.78 is 47.5. The van der Waals surface area contributed by atoms with Crippen LogP contribution < -0.4 is 14.3 Å². The summed E-state index contributed by atoms with van der Waals surface area (Å²) in [6.45, 7) is 7.91. The van der Waals surface area contributed by atoms with Crippen LogP contribution in [0.5, 0.6) is 11.5 Å². The highest BCUT2D eigenvalue weighted by Gasteiger charge is 2.32. The number of aromatic nitrogens is 1. The van der Waals surface area contributed by atoms with Crippen molar-refractivity contribution < 1.29 is 27.4 Å². The van der Waals surface area contributed by atoms with Crippen molar-refractivity contribution in [1.82, 2.24) is 8.87 Å². The number of morpholine rings is 1. The fourth-order valence-electron chi connectivity index (χ4n) is 4.39. The van der Waals surface area contributed by atoms with E-state index in [1.54, 1.807) is 0 Å². The molecular weight excluding hydrogens is 490 g/mol. The van der Waals surface area contributed by atoms with Crippen LogP contribution in [0, 0.1) is 0 Å². The van der Waals surface area contributed by atoms with Crippen molar-refractivity contribution in [1.29, 1.82) is 0 Å². The second-order valence-electron chi connectivity index (χ2n) is 8.61. The number of amides is 1. The Labute approximate surface area is 207 Å².